The highest BCUT2D eigenvalue weighted by Crippen LogP contribution is 2.38. The number of anilines is 1. The second-order valence-electron chi connectivity index (χ2n) is 6.13. The fourth-order valence-corrected chi connectivity index (χ4v) is 3.41. The first-order valence-electron chi connectivity index (χ1n) is 7.07. The van der Waals surface area contributed by atoms with Crippen LogP contribution in [-0.2, 0) is 11.3 Å². The van der Waals surface area contributed by atoms with Crippen molar-refractivity contribution < 1.29 is 4.74 Å². The molecule has 0 heterocycles. The Morgan fingerprint density at radius 1 is 1.37 bits per heavy atom. The number of hydrogen-bond acceptors (Lipinski definition) is 2. The van der Waals surface area contributed by atoms with Gasteiger partial charge < -0.3 is 10.1 Å². The van der Waals surface area contributed by atoms with E-state index >= 15 is 0 Å². The minimum atomic E-state index is 0.366. The predicted octanol–water partition coefficient (Wildman–Crippen LogP) is 4.98. The lowest BCUT2D eigenvalue weighted by Crippen LogP contribution is -2.39. The molecule has 1 aromatic rings. The number of methoxy groups -OCH3 is 1. The van der Waals surface area contributed by atoms with Gasteiger partial charge in [0.2, 0.25) is 0 Å². The predicted molar refractivity (Wildman–Crippen MR) is 84.5 cm³/mol. The normalized spacial score (nSPS) is 22.2. The first kappa shape index (κ1) is 14.9. The molecule has 0 radical (unpaired) electrons. The van der Waals surface area contributed by atoms with Gasteiger partial charge in [-0.25, -0.2) is 0 Å². The van der Waals surface area contributed by atoms with E-state index in [0.717, 1.165) is 4.47 Å². The summed E-state index contributed by atoms with van der Waals surface area (Å²) in [4.78, 5) is 0. The van der Waals surface area contributed by atoms with Crippen molar-refractivity contribution >= 4 is 21.6 Å². The van der Waals surface area contributed by atoms with Crippen LogP contribution in [0.2, 0.25) is 0 Å². The molecule has 1 saturated carbocycles. The summed E-state index contributed by atoms with van der Waals surface area (Å²) in [7, 11) is 1.74. The van der Waals surface area contributed by atoms with E-state index in [1.807, 2.05) is 0 Å². The zero-order chi connectivity index (χ0) is 13.9. The first-order valence-corrected chi connectivity index (χ1v) is 7.87. The van der Waals surface area contributed by atoms with Gasteiger partial charge in [0.25, 0.3) is 0 Å². The van der Waals surface area contributed by atoms with E-state index in [1.54, 1.807) is 7.11 Å². The molecule has 0 aromatic heterocycles. The van der Waals surface area contributed by atoms with Gasteiger partial charge in [0.15, 0.2) is 0 Å². The van der Waals surface area contributed by atoms with Gasteiger partial charge in [-0.15, -0.1) is 0 Å². The summed E-state index contributed by atoms with van der Waals surface area (Å²) in [5.74, 6) is 0. The summed E-state index contributed by atoms with van der Waals surface area (Å²) in [5.41, 5.74) is 2.79. The van der Waals surface area contributed by atoms with Crippen LogP contribution < -0.4 is 5.32 Å². The molecule has 19 heavy (non-hydrogen) atoms. The standard InChI is InChI=1S/C16H24BrNO/c1-16(2)10-5-4-9-15(16)18-14-8-6-7-13(17)12(14)11-19-3/h6-8,15,18H,4-5,9-11H2,1-3H3. The Kier molecular flexibility index (Phi) is 4.91. The van der Waals surface area contributed by atoms with Gasteiger partial charge in [-0.2, -0.15) is 0 Å². The number of hydrogen-bond donors (Lipinski definition) is 1. The third-order valence-electron chi connectivity index (χ3n) is 4.24. The maximum absolute atomic E-state index is 5.32. The van der Waals surface area contributed by atoms with Crippen LogP contribution >= 0.6 is 15.9 Å². The number of benzene rings is 1. The molecule has 0 bridgehead atoms. The van der Waals surface area contributed by atoms with E-state index < -0.39 is 0 Å². The molecule has 0 spiro atoms. The molecule has 0 aliphatic heterocycles. The number of rotatable bonds is 4. The molecule has 1 fully saturated rings. The van der Waals surface area contributed by atoms with E-state index in [-0.39, 0.29) is 0 Å². The van der Waals surface area contributed by atoms with Gasteiger partial charge in [-0.05, 0) is 30.4 Å². The fraction of sp³-hybridized carbons (Fsp3) is 0.625. The van der Waals surface area contributed by atoms with Gasteiger partial charge in [0.1, 0.15) is 0 Å². The van der Waals surface area contributed by atoms with Gasteiger partial charge in [-0.3, -0.25) is 0 Å². The topological polar surface area (TPSA) is 21.3 Å². The number of nitrogens with one attached hydrogen (secondary N) is 1. The molecule has 3 heteroatoms. The molecule has 1 unspecified atom stereocenters. The summed E-state index contributed by atoms with van der Waals surface area (Å²) in [6.45, 7) is 5.38. The summed E-state index contributed by atoms with van der Waals surface area (Å²) >= 11 is 3.62. The van der Waals surface area contributed by atoms with Crippen molar-refractivity contribution in [3.05, 3.63) is 28.2 Å². The second-order valence-corrected chi connectivity index (χ2v) is 6.98. The number of ether oxygens (including phenoxy) is 1. The molecular formula is C16H24BrNO. The van der Waals surface area contributed by atoms with Crippen molar-refractivity contribution in [1.82, 2.24) is 0 Å². The van der Waals surface area contributed by atoms with Crippen LogP contribution in [0.3, 0.4) is 0 Å². The maximum Gasteiger partial charge on any atom is 0.0744 e. The van der Waals surface area contributed by atoms with Crippen LogP contribution in [-0.4, -0.2) is 13.2 Å². The van der Waals surface area contributed by atoms with Crippen LogP contribution in [0.4, 0.5) is 5.69 Å². The Hall–Kier alpha value is -0.540. The Balaban J connectivity index is 2.20. The van der Waals surface area contributed by atoms with E-state index in [1.165, 1.54) is 36.9 Å². The zero-order valence-electron chi connectivity index (χ0n) is 12.1. The van der Waals surface area contributed by atoms with Crippen LogP contribution in [0.5, 0.6) is 0 Å². The highest BCUT2D eigenvalue weighted by Gasteiger charge is 2.32. The van der Waals surface area contributed by atoms with Crippen LogP contribution in [0.15, 0.2) is 22.7 Å². The molecule has 106 valence electrons. The van der Waals surface area contributed by atoms with Gasteiger partial charge in [0.05, 0.1) is 6.61 Å². The van der Waals surface area contributed by atoms with Crippen molar-refractivity contribution in [2.24, 2.45) is 5.41 Å². The lowest BCUT2D eigenvalue weighted by atomic mass is 9.73. The van der Waals surface area contributed by atoms with Gasteiger partial charge >= 0.3 is 0 Å². The minimum absolute atomic E-state index is 0.366. The average Bonchev–Trinajstić information content (AvgIpc) is 2.36. The van der Waals surface area contributed by atoms with Crippen molar-refractivity contribution in [3.8, 4) is 0 Å². The Labute approximate surface area is 125 Å². The van der Waals surface area contributed by atoms with E-state index in [2.05, 4.69) is 53.3 Å². The maximum atomic E-state index is 5.32. The average molecular weight is 326 g/mol. The van der Waals surface area contributed by atoms with E-state index in [9.17, 15) is 0 Å². The SMILES string of the molecule is COCc1c(Br)cccc1NC1CCCCC1(C)C. The quantitative estimate of drug-likeness (QED) is 0.843. The summed E-state index contributed by atoms with van der Waals surface area (Å²) in [5, 5.41) is 3.76. The lowest BCUT2D eigenvalue weighted by Gasteiger charge is -2.40. The molecule has 1 aliphatic carbocycles. The monoisotopic (exact) mass is 325 g/mol. The number of halogens is 1. The van der Waals surface area contributed by atoms with Gasteiger partial charge in [0, 0.05) is 28.9 Å². The highest BCUT2D eigenvalue weighted by molar-refractivity contribution is 9.10. The van der Waals surface area contributed by atoms with E-state index in [0.29, 0.717) is 18.1 Å². The second kappa shape index (κ2) is 6.27. The summed E-state index contributed by atoms with van der Waals surface area (Å²) in [6, 6.07) is 6.86. The molecule has 0 amide bonds. The molecule has 1 N–H and O–H groups in total. The first-order chi connectivity index (χ1) is 9.04. The smallest absolute Gasteiger partial charge is 0.0744 e. The summed E-state index contributed by atoms with van der Waals surface area (Å²) in [6.07, 6.45) is 5.24. The van der Waals surface area contributed by atoms with E-state index in [4.69, 9.17) is 4.74 Å². The van der Waals surface area contributed by atoms with Crippen molar-refractivity contribution in [2.75, 3.05) is 12.4 Å². The highest BCUT2D eigenvalue weighted by atomic mass is 79.9. The third kappa shape index (κ3) is 3.51. The molecule has 0 saturated heterocycles. The Morgan fingerprint density at radius 3 is 2.84 bits per heavy atom. The van der Waals surface area contributed by atoms with Gasteiger partial charge in [-0.1, -0.05) is 48.7 Å². The molecule has 1 atom stereocenters. The van der Waals surface area contributed by atoms with Crippen LogP contribution in [0, 0.1) is 5.41 Å². The molecule has 1 aliphatic rings. The van der Waals surface area contributed by atoms with Crippen LogP contribution in [0.25, 0.3) is 0 Å². The zero-order valence-corrected chi connectivity index (χ0v) is 13.7. The van der Waals surface area contributed by atoms with Crippen molar-refractivity contribution in [2.45, 2.75) is 52.2 Å². The molecular weight excluding hydrogens is 302 g/mol. The molecule has 1 aromatic carbocycles. The largest absolute Gasteiger partial charge is 0.381 e. The molecule has 2 rings (SSSR count). The molecule has 2 nitrogen and oxygen atoms in total. The summed E-state index contributed by atoms with van der Waals surface area (Å²) < 4.78 is 6.44. The minimum Gasteiger partial charge on any atom is -0.381 e. The van der Waals surface area contributed by atoms with Crippen molar-refractivity contribution in [1.29, 1.82) is 0 Å². The Bertz CT molecular complexity index is 431. The van der Waals surface area contributed by atoms with Crippen molar-refractivity contribution in [3.63, 3.8) is 0 Å². The third-order valence-corrected chi connectivity index (χ3v) is 4.99. The fourth-order valence-electron chi connectivity index (χ4n) is 2.93. The van der Waals surface area contributed by atoms with Crippen LogP contribution in [0.1, 0.15) is 45.1 Å². The lowest BCUT2D eigenvalue weighted by molar-refractivity contribution is 0.184. The Morgan fingerprint density at radius 2 is 2.16 bits per heavy atom.